The van der Waals surface area contributed by atoms with E-state index in [1.807, 2.05) is 35.0 Å². The van der Waals surface area contributed by atoms with Crippen molar-refractivity contribution in [3.05, 3.63) is 82.8 Å². The van der Waals surface area contributed by atoms with Crippen LogP contribution in [0, 0.1) is 0 Å². The molecule has 1 amide bonds. The molecule has 23 heavy (non-hydrogen) atoms. The Labute approximate surface area is 133 Å². The van der Waals surface area contributed by atoms with E-state index in [1.165, 1.54) is 22.9 Å². The summed E-state index contributed by atoms with van der Waals surface area (Å²) in [5.74, 6) is -0.209. The maximum atomic E-state index is 12.1. The summed E-state index contributed by atoms with van der Waals surface area (Å²) in [6.07, 6.45) is 6.86. The molecule has 0 bridgehead atoms. The Morgan fingerprint density at radius 2 is 1.96 bits per heavy atom. The molecule has 1 N–H and O–H groups in total. The van der Waals surface area contributed by atoms with Gasteiger partial charge in [0.05, 0.1) is 11.9 Å². The number of hydrogen-bond acceptors (Lipinski definition) is 3. The molecule has 3 rings (SSSR count). The minimum Gasteiger partial charge on any atom is -0.348 e. The van der Waals surface area contributed by atoms with Crippen molar-refractivity contribution in [2.75, 3.05) is 0 Å². The van der Waals surface area contributed by atoms with Crippen LogP contribution in [0.4, 0.5) is 0 Å². The zero-order valence-electron chi connectivity index (χ0n) is 12.6. The van der Waals surface area contributed by atoms with Crippen molar-refractivity contribution in [3.8, 4) is 5.69 Å². The highest BCUT2D eigenvalue weighted by Crippen LogP contribution is 2.09. The average molecular weight is 308 g/mol. The SMILES string of the molecule is Cn1cc(C(=O)NCc2ccc(-n3ccnc3)cc2)ccc1=O. The van der Waals surface area contributed by atoms with Gasteiger partial charge in [-0.3, -0.25) is 9.59 Å². The lowest BCUT2D eigenvalue weighted by Gasteiger charge is -2.08. The summed E-state index contributed by atoms with van der Waals surface area (Å²) in [5, 5.41) is 2.84. The maximum Gasteiger partial charge on any atom is 0.253 e. The van der Waals surface area contributed by atoms with Gasteiger partial charge in [-0.1, -0.05) is 12.1 Å². The zero-order valence-corrected chi connectivity index (χ0v) is 12.6. The molecule has 2 heterocycles. The van der Waals surface area contributed by atoms with Gasteiger partial charge in [-0.25, -0.2) is 4.98 Å². The summed E-state index contributed by atoms with van der Waals surface area (Å²) < 4.78 is 3.29. The fraction of sp³-hybridized carbons (Fsp3) is 0.118. The van der Waals surface area contributed by atoms with Gasteiger partial charge in [-0.05, 0) is 23.8 Å². The second kappa shape index (κ2) is 6.31. The van der Waals surface area contributed by atoms with Gasteiger partial charge >= 0.3 is 0 Å². The topological polar surface area (TPSA) is 68.9 Å². The van der Waals surface area contributed by atoms with Crippen LogP contribution in [0.3, 0.4) is 0 Å². The molecule has 0 aliphatic rings. The van der Waals surface area contributed by atoms with Gasteiger partial charge in [0.2, 0.25) is 5.56 Å². The van der Waals surface area contributed by atoms with Crippen molar-refractivity contribution < 1.29 is 4.79 Å². The highest BCUT2D eigenvalue weighted by Gasteiger charge is 2.06. The highest BCUT2D eigenvalue weighted by atomic mass is 16.2. The van der Waals surface area contributed by atoms with E-state index in [2.05, 4.69) is 10.3 Å². The second-order valence-electron chi connectivity index (χ2n) is 5.19. The highest BCUT2D eigenvalue weighted by molar-refractivity contribution is 5.93. The summed E-state index contributed by atoms with van der Waals surface area (Å²) in [7, 11) is 1.62. The summed E-state index contributed by atoms with van der Waals surface area (Å²) in [5.41, 5.74) is 2.32. The van der Waals surface area contributed by atoms with E-state index >= 15 is 0 Å². The van der Waals surface area contributed by atoms with Crippen molar-refractivity contribution in [1.29, 1.82) is 0 Å². The number of benzene rings is 1. The molecule has 0 atom stereocenters. The quantitative estimate of drug-likeness (QED) is 0.794. The van der Waals surface area contributed by atoms with Crippen molar-refractivity contribution in [1.82, 2.24) is 19.4 Å². The minimum absolute atomic E-state index is 0.142. The number of nitrogens with one attached hydrogen (secondary N) is 1. The predicted molar refractivity (Wildman–Crippen MR) is 86.4 cm³/mol. The van der Waals surface area contributed by atoms with E-state index in [-0.39, 0.29) is 11.5 Å². The smallest absolute Gasteiger partial charge is 0.253 e. The molecule has 0 saturated heterocycles. The van der Waals surface area contributed by atoms with E-state index in [9.17, 15) is 9.59 Å². The van der Waals surface area contributed by atoms with Crippen LogP contribution in [0.5, 0.6) is 0 Å². The van der Waals surface area contributed by atoms with Crippen LogP contribution in [0.15, 0.2) is 66.1 Å². The molecule has 1 aromatic carbocycles. The fourth-order valence-corrected chi connectivity index (χ4v) is 2.21. The van der Waals surface area contributed by atoms with Gasteiger partial charge in [0, 0.05) is 43.9 Å². The van der Waals surface area contributed by atoms with Gasteiger partial charge in [-0.15, -0.1) is 0 Å². The Morgan fingerprint density at radius 3 is 2.61 bits per heavy atom. The first-order valence-corrected chi connectivity index (χ1v) is 7.15. The van der Waals surface area contributed by atoms with Gasteiger partial charge in [0.1, 0.15) is 0 Å². The number of amides is 1. The van der Waals surface area contributed by atoms with Crippen LogP contribution in [-0.4, -0.2) is 20.0 Å². The van der Waals surface area contributed by atoms with Crippen LogP contribution in [0.25, 0.3) is 5.69 Å². The van der Waals surface area contributed by atoms with E-state index in [0.29, 0.717) is 12.1 Å². The number of pyridine rings is 1. The number of rotatable bonds is 4. The Balaban J connectivity index is 1.64. The molecule has 116 valence electrons. The van der Waals surface area contributed by atoms with Gasteiger partial charge < -0.3 is 14.5 Å². The van der Waals surface area contributed by atoms with Crippen LogP contribution in [0.2, 0.25) is 0 Å². The summed E-state index contributed by atoms with van der Waals surface area (Å²) in [6, 6.07) is 10.8. The number of carbonyl (C=O) groups excluding carboxylic acids is 1. The second-order valence-corrected chi connectivity index (χ2v) is 5.19. The molecule has 0 radical (unpaired) electrons. The monoisotopic (exact) mass is 308 g/mol. The predicted octanol–water partition coefficient (Wildman–Crippen LogP) is 1.50. The van der Waals surface area contributed by atoms with Gasteiger partial charge in [0.25, 0.3) is 5.91 Å². The third-order valence-corrected chi connectivity index (χ3v) is 3.54. The molecule has 0 aliphatic heterocycles. The van der Waals surface area contributed by atoms with Gasteiger partial charge in [0.15, 0.2) is 0 Å². The molecule has 0 unspecified atom stereocenters. The van der Waals surface area contributed by atoms with Crippen molar-refractivity contribution in [2.45, 2.75) is 6.54 Å². The zero-order chi connectivity index (χ0) is 16.2. The first-order chi connectivity index (χ1) is 11.1. The van der Waals surface area contributed by atoms with E-state index in [1.54, 1.807) is 19.6 Å². The molecule has 0 saturated carbocycles. The van der Waals surface area contributed by atoms with E-state index in [0.717, 1.165) is 11.3 Å². The number of carbonyl (C=O) groups is 1. The Kier molecular flexibility index (Phi) is 4.05. The Morgan fingerprint density at radius 1 is 1.17 bits per heavy atom. The number of imidazole rings is 1. The number of nitrogens with zero attached hydrogens (tertiary/aromatic N) is 3. The number of hydrogen-bond donors (Lipinski definition) is 1. The fourth-order valence-electron chi connectivity index (χ4n) is 2.21. The van der Waals surface area contributed by atoms with Crippen LogP contribution in [0.1, 0.15) is 15.9 Å². The van der Waals surface area contributed by atoms with Crippen LogP contribution < -0.4 is 10.9 Å². The first kappa shape index (κ1) is 14.8. The molecule has 0 aliphatic carbocycles. The van der Waals surface area contributed by atoms with Gasteiger partial charge in [-0.2, -0.15) is 0 Å². The Bertz CT molecular complexity index is 864. The lowest BCUT2D eigenvalue weighted by Crippen LogP contribution is -2.25. The summed E-state index contributed by atoms with van der Waals surface area (Å²) >= 11 is 0. The lowest BCUT2D eigenvalue weighted by molar-refractivity contribution is 0.0950. The molecule has 6 heteroatoms. The molecule has 0 fully saturated rings. The normalized spacial score (nSPS) is 10.5. The third kappa shape index (κ3) is 3.37. The number of aryl methyl sites for hydroxylation is 1. The maximum absolute atomic E-state index is 12.1. The van der Waals surface area contributed by atoms with Crippen molar-refractivity contribution >= 4 is 5.91 Å². The first-order valence-electron chi connectivity index (χ1n) is 7.15. The van der Waals surface area contributed by atoms with Crippen molar-refractivity contribution in [2.24, 2.45) is 7.05 Å². The molecular weight excluding hydrogens is 292 g/mol. The summed E-state index contributed by atoms with van der Waals surface area (Å²) in [6.45, 7) is 0.423. The summed E-state index contributed by atoms with van der Waals surface area (Å²) in [4.78, 5) is 27.4. The molecule has 3 aromatic rings. The number of aromatic nitrogens is 3. The van der Waals surface area contributed by atoms with Crippen LogP contribution >= 0.6 is 0 Å². The third-order valence-electron chi connectivity index (χ3n) is 3.54. The minimum atomic E-state index is -0.209. The van der Waals surface area contributed by atoms with E-state index < -0.39 is 0 Å². The van der Waals surface area contributed by atoms with E-state index in [4.69, 9.17) is 0 Å². The van der Waals surface area contributed by atoms with Crippen molar-refractivity contribution in [3.63, 3.8) is 0 Å². The molecular formula is C17H16N4O2. The molecule has 0 spiro atoms. The molecule has 6 nitrogen and oxygen atoms in total. The Hall–Kier alpha value is -3.15. The standard InChI is InChI=1S/C17H16N4O2/c1-20-11-14(4-7-16(20)22)17(23)19-10-13-2-5-15(6-3-13)21-9-8-18-12-21/h2-9,11-12H,10H2,1H3,(H,19,23). The average Bonchev–Trinajstić information content (AvgIpc) is 3.10. The largest absolute Gasteiger partial charge is 0.348 e. The lowest BCUT2D eigenvalue weighted by atomic mass is 10.2. The van der Waals surface area contributed by atoms with Crippen LogP contribution in [-0.2, 0) is 13.6 Å². The molecule has 2 aromatic heterocycles.